The average molecular weight is 370 g/mol. The molecule has 2 unspecified atom stereocenters. The number of rotatable bonds is 4. The Bertz CT molecular complexity index is 846. The number of imide groups is 1. The predicted molar refractivity (Wildman–Crippen MR) is 95.5 cm³/mol. The first-order chi connectivity index (χ1) is 12.7. The molecule has 0 aromatic heterocycles. The third-order valence-corrected chi connectivity index (χ3v) is 5.34. The van der Waals surface area contributed by atoms with Gasteiger partial charge in [-0.25, -0.2) is 4.79 Å². The minimum absolute atomic E-state index is 0.136. The van der Waals surface area contributed by atoms with E-state index in [0.29, 0.717) is 11.3 Å². The van der Waals surface area contributed by atoms with Gasteiger partial charge in [-0.2, -0.15) is 5.26 Å². The maximum absolute atomic E-state index is 13.1. The Balaban J connectivity index is 1.82. The van der Waals surface area contributed by atoms with Gasteiger partial charge in [-0.1, -0.05) is 32.0 Å². The molecule has 1 aromatic rings. The van der Waals surface area contributed by atoms with Crippen LogP contribution in [0.25, 0.3) is 0 Å². The number of hydrogen-bond donors (Lipinski definition) is 2. The van der Waals surface area contributed by atoms with E-state index in [-0.39, 0.29) is 18.9 Å². The first kappa shape index (κ1) is 18.7. The standard InChI is InChI=1S/C19H22N4O4/c1-12(2)18(3,11-20)21-15(24)10-23-16(25)19(22-17(23)26)8-9-27-14-7-5-4-6-13(14)19/h4-7,12H,8-10H2,1-3H3,(H,21,24)(H,22,26). The van der Waals surface area contributed by atoms with E-state index in [1.165, 1.54) is 0 Å². The van der Waals surface area contributed by atoms with Crippen molar-refractivity contribution >= 4 is 17.8 Å². The second-order valence-electron chi connectivity index (χ2n) is 7.34. The second kappa shape index (κ2) is 6.58. The fraction of sp³-hybridized carbons (Fsp3) is 0.474. The number of urea groups is 1. The number of para-hydroxylation sites is 1. The summed E-state index contributed by atoms with van der Waals surface area (Å²) in [6.07, 6.45) is 0.286. The maximum Gasteiger partial charge on any atom is 0.325 e. The van der Waals surface area contributed by atoms with E-state index in [2.05, 4.69) is 16.7 Å². The van der Waals surface area contributed by atoms with Gasteiger partial charge >= 0.3 is 6.03 Å². The van der Waals surface area contributed by atoms with Gasteiger partial charge in [0.2, 0.25) is 5.91 Å². The van der Waals surface area contributed by atoms with Crippen LogP contribution in [0.2, 0.25) is 0 Å². The zero-order chi connectivity index (χ0) is 19.8. The van der Waals surface area contributed by atoms with Gasteiger partial charge in [-0.05, 0) is 18.9 Å². The molecule has 142 valence electrons. The highest BCUT2D eigenvalue weighted by atomic mass is 16.5. The fourth-order valence-electron chi connectivity index (χ4n) is 3.29. The molecule has 8 nitrogen and oxygen atoms in total. The number of ether oxygens (including phenoxy) is 1. The molecule has 1 aromatic carbocycles. The SMILES string of the molecule is CC(C)C(C)(C#N)NC(=O)CN1C(=O)NC2(CCOc3ccccc32)C1=O. The van der Waals surface area contributed by atoms with Crippen LogP contribution in [0.5, 0.6) is 5.75 Å². The fourth-order valence-corrected chi connectivity index (χ4v) is 3.29. The number of carbonyl (C=O) groups is 3. The lowest BCUT2D eigenvalue weighted by Gasteiger charge is -2.33. The highest BCUT2D eigenvalue weighted by Crippen LogP contribution is 2.40. The van der Waals surface area contributed by atoms with Crippen molar-refractivity contribution in [2.24, 2.45) is 5.92 Å². The average Bonchev–Trinajstić information content (AvgIpc) is 2.86. The number of carbonyl (C=O) groups excluding carboxylic acids is 3. The van der Waals surface area contributed by atoms with E-state index < -0.39 is 35.5 Å². The van der Waals surface area contributed by atoms with E-state index in [0.717, 1.165) is 4.90 Å². The molecule has 8 heteroatoms. The third-order valence-electron chi connectivity index (χ3n) is 5.34. The van der Waals surface area contributed by atoms with Gasteiger partial charge in [-0.3, -0.25) is 14.5 Å². The van der Waals surface area contributed by atoms with Crippen LogP contribution < -0.4 is 15.4 Å². The molecular formula is C19H22N4O4. The third kappa shape index (κ3) is 2.99. The lowest BCUT2D eigenvalue weighted by atomic mass is 9.84. The quantitative estimate of drug-likeness (QED) is 0.775. The van der Waals surface area contributed by atoms with Crippen molar-refractivity contribution in [2.45, 2.75) is 38.3 Å². The highest BCUT2D eigenvalue weighted by Gasteiger charge is 2.55. The summed E-state index contributed by atoms with van der Waals surface area (Å²) in [4.78, 5) is 38.9. The summed E-state index contributed by atoms with van der Waals surface area (Å²) in [5, 5.41) is 14.7. The van der Waals surface area contributed by atoms with Crippen LogP contribution in [0, 0.1) is 17.2 Å². The number of nitrogens with zero attached hydrogens (tertiary/aromatic N) is 2. The summed E-state index contributed by atoms with van der Waals surface area (Å²) in [5.74, 6) is -0.640. The summed E-state index contributed by atoms with van der Waals surface area (Å²) < 4.78 is 5.58. The first-order valence-corrected chi connectivity index (χ1v) is 8.82. The molecule has 1 fully saturated rings. The summed E-state index contributed by atoms with van der Waals surface area (Å²) in [7, 11) is 0. The number of nitrogens with one attached hydrogen (secondary N) is 2. The van der Waals surface area contributed by atoms with Gasteiger partial charge in [-0.15, -0.1) is 0 Å². The van der Waals surface area contributed by atoms with Crippen molar-refractivity contribution in [3.63, 3.8) is 0 Å². The summed E-state index contributed by atoms with van der Waals surface area (Å²) in [5.41, 5.74) is -1.72. The zero-order valence-electron chi connectivity index (χ0n) is 15.5. The normalized spacial score (nSPS) is 23.3. The van der Waals surface area contributed by atoms with Crippen LogP contribution in [0.1, 0.15) is 32.8 Å². The predicted octanol–water partition coefficient (Wildman–Crippen LogP) is 1.27. The molecule has 0 radical (unpaired) electrons. The Labute approximate surface area is 157 Å². The Hall–Kier alpha value is -3.08. The molecule has 2 aliphatic rings. The van der Waals surface area contributed by atoms with E-state index in [9.17, 15) is 19.6 Å². The van der Waals surface area contributed by atoms with E-state index in [1.807, 2.05) is 13.8 Å². The minimum atomic E-state index is -1.22. The Morgan fingerprint density at radius 3 is 2.81 bits per heavy atom. The van der Waals surface area contributed by atoms with Gasteiger partial charge in [0, 0.05) is 12.0 Å². The summed E-state index contributed by atoms with van der Waals surface area (Å²) in [6.45, 7) is 5.07. The van der Waals surface area contributed by atoms with Crippen molar-refractivity contribution in [3.8, 4) is 11.8 Å². The summed E-state index contributed by atoms with van der Waals surface area (Å²) >= 11 is 0. The lowest BCUT2D eigenvalue weighted by Crippen LogP contribution is -2.53. The van der Waals surface area contributed by atoms with E-state index >= 15 is 0 Å². The van der Waals surface area contributed by atoms with Crippen molar-refractivity contribution in [1.82, 2.24) is 15.5 Å². The zero-order valence-corrected chi connectivity index (χ0v) is 15.5. The minimum Gasteiger partial charge on any atom is -0.493 e. The molecule has 1 spiro atoms. The lowest BCUT2D eigenvalue weighted by molar-refractivity contribution is -0.136. The molecule has 4 amide bonds. The van der Waals surface area contributed by atoms with Crippen LogP contribution in [0.15, 0.2) is 24.3 Å². The Morgan fingerprint density at radius 2 is 2.15 bits per heavy atom. The molecule has 1 saturated heterocycles. The summed E-state index contributed by atoms with van der Waals surface area (Å²) in [6, 6.07) is 8.48. The monoisotopic (exact) mass is 370 g/mol. The number of hydrogen-bond acceptors (Lipinski definition) is 5. The highest BCUT2D eigenvalue weighted by molar-refractivity contribution is 6.09. The van der Waals surface area contributed by atoms with E-state index in [4.69, 9.17) is 4.74 Å². The van der Waals surface area contributed by atoms with Crippen molar-refractivity contribution in [1.29, 1.82) is 5.26 Å². The second-order valence-corrected chi connectivity index (χ2v) is 7.34. The molecule has 2 atom stereocenters. The van der Waals surface area contributed by atoms with Gasteiger partial charge in [0.15, 0.2) is 5.54 Å². The number of amides is 4. The number of benzene rings is 1. The van der Waals surface area contributed by atoms with Crippen molar-refractivity contribution < 1.29 is 19.1 Å². The van der Waals surface area contributed by atoms with Gasteiger partial charge in [0.25, 0.3) is 5.91 Å². The smallest absolute Gasteiger partial charge is 0.325 e. The van der Waals surface area contributed by atoms with Crippen molar-refractivity contribution in [2.75, 3.05) is 13.2 Å². The topological polar surface area (TPSA) is 112 Å². The number of nitriles is 1. The molecule has 0 aliphatic carbocycles. The molecule has 0 bridgehead atoms. The molecule has 2 aliphatic heterocycles. The number of fused-ring (bicyclic) bond motifs is 2. The Morgan fingerprint density at radius 1 is 1.44 bits per heavy atom. The molecule has 27 heavy (non-hydrogen) atoms. The van der Waals surface area contributed by atoms with Crippen LogP contribution >= 0.6 is 0 Å². The molecule has 2 heterocycles. The largest absolute Gasteiger partial charge is 0.493 e. The molecule has 0 saturated carbocycles. The van der Waals surface area contributed by atoms with Gasteiger partial charge in [0.1, 0.15) is 17.8 Å². The molecule has 2 N–H and O–H groups in total. The maximum atomic E-state index is 13.1. The van der Waals surface area contributed by atoms with Gasteiger partial charge in [0.05, 0.1) is 12.7 Å². The van der Waals surface area contributed by atoms with Crippen LogP contribution in [-0.4, -0.2) is 41.4 Å². The van der Waals surface area contributed by atoms with Gasteiger partial charge < -0.3 is 15.4 Å². The molecule has 3 rings (SSSR count). The Kier molecular flexibility index (Phi) is 4.56. The van der Waals surface area contributed by atoms with Crippen LogP contribution in [-0.2, 0) is 15.1 Å². The molecular weight excluding hydrogens is 348 g/mol. The van der Waals surface area contributed by atoms with Crippen LogP contribution in [0.4, 0.5) is 4.79 Å². The van der Waals surface area contributed by atoms with E-state index in [1.54, 1.807) is 31.2 Å². The van der Waals surface area contributed by atoms with Crippen molar-refractivity contribution in [3.05, 3.63) is 29.8 Å². The first-order valence-electron chi connectivity index (χ1n) is 8.82. The van der Waals surface area contributed by atoms with Crippen LogP contribution in [0.3, 0.4) is 0 Å².